The van der Waals surface area contributed by atoms with Gasteiger partial charge in [0, 0.05) is 59.2 Å². The number of halogens is 3. The van der Waals surface area contributed by atoms with Gasteiger partial charge in [-0.1, -0.05) is 23.2 Å². The van der Waals surface area contributed by atoms with E-state index in [0.29, 0.717) is 23.1 Å². The number of nitrogens with one attached hydrogen (secondary N) is 1. The highest BCUT2D eigenvalue weighted by Gasteiger charge is 2.37. The molecule has 2 aromatic rings. The van der Waals surface area contributed by atoms with Gasteiger partial charge >= 0.3 is 5.97 Å². The molecule has 1 fully saturated rings. The molecule has 160 valence electrons. The summed E-state index contributed by atoms with van der Waals surface area (Å²) < 4.78 is 18.5. The molecule has 30 heavy (non-hydrogen) atoms. The van der Waals surface area contributed by atoms with E-state index in [2.05, 4.69) is 15.1 Å². The molecule has 0 amide bonds. The van der Waals surface area contributed by atoms with Crippen molar-refractivity contribution in [3.8, 4) is 0 Å². The van der Waals surface area contributed by atoms with E-state index in [1.807, 2.05) is 6.07 Å². The number of esters is 1. The van der Waals surface area contributed by atoms with Crippen molar-refractivity contribution in [2.45, 2.75) is 25.4 Å². The minimum absolute atomic E-state index is 0.0178. The average Bonchev–Trinajstić information content (AvgIpc) is 2.73. The summed E-state index contributed by atoms with van der Waals surface area (Å²) in [6.07, 6.45) is 0.573. The van der Waals surface area contributed by atoms with Crippen molar-refractivity contribution >= 4 is 40.5 Å². The van der Waals surface area contributed by atoms with Crippen LogP contribution in [-0.4, -0.2) is 49.7 Å². The second kappa shape index (κ2) is 9.00. The van der Waals surface area contributed by atoms with Gasteiger partial charge in [0.2, 0.25) is 0 Å². The van der Waals surface area contributed by atoms with Crippen LogP contribution < -0.4 is 10.2 Å². The molecule has 1 N–H and O–H groups in total. The van der Waals surface area contributed by atoms with E-state index in [4.69, 9.17) is 27.9 Å². The summed E-state index contributed by atoms with van der Waals surface area (Å²) in [6, 6.07) is 9.67. The fourth-order valence-electron chi connectivity index (χ4n) is 4.30. The number of carbonyl (C=O) groups is 1. The third kappa shape index (κ3) is 4.36. The Hall–Kier alpha value is -2.02. The Bertz CT molecular complexity index is 917. The second-order valence-corrected chi connectivity index (χ2v) is 8.39. The molecule has 5 nitrogen and oxygen atoms in total. The number of anilines is 2. The zero-order chi connectivity index (χ0) is 21.3. The first-order valence-corrected chi connectivity index (χ1v) is 10.9. The first kappa shape index (κ1) is 21.2. The highest BCUT2D eigenvalue weighted by atomic mass is 35.5. The zero-order valence-electron chi connectivity index (χ0n) is 16.7. The SMILES string of the molecule is CCOC(=O)C1CC(N2CCN(c3ccc(F)cc3)CC2)c2c(Cl)cc(Cl)cc2N1. The lowest BCUT2D eigenvalue weighted by molar-refractivity contribution is -0.144. The molecule has 8 heteroatoms. The highest BCUT2D eigenvalue weighted by molar-refractivity contribution is 6.35. The molecular formula is C22H24Cl2FN3O2. The van der Waals surface area contributed by atoms with E-state index in [1.54, 1.807) is 25.1 Å². The predicted molar refractivity (Wildman–Crippen MR) is 118 cm³/mol. The number of hydrogen-bond acceptors (Lipinski definition) is 5. The fraction of sp³-hybridized carbons (Fsp3) is 0.409. The molecule has 2 atom stereocenters. The van der Waals surface area contributed by atoms with E-state index in [-0.39, 0.29) is 17.8 Å². The maximum atomic E-state index is 13.2. The van der Waals surface area contributed by atoms with Gasteiger partial charge in [-0.25, -0.2) is 9.18 Å². The van der Waals surface area contributed by atoms with E-state index in [1.165, 1.54) is 12.1 Å². The molecule has 4 rings (SSSR count). The Morgan fingerprint density at radius 2 is 1.87 bits per heavy atom. The summed E-state index contributed by atoms with van der Waals surface area (Å²) in [5.41, 5.74) is 2.76. The Morgan fingerprint density at radius 1 is 1.17 bits per heavy atom. The molecule has 2 unspecified atom stereocenters. The summed E-state index contributed by atoms with van der Waals surface area (Å²) in [6.45, 7) is 5.35. The quantitative estimate of drug-likeness (QED) is 0.679. The summed E-state index contributed by atoms with van der Waals surface area (Å²) in [4.78, 5) is 17.1. The van der Waals surface area contributed by atoms with Gasteiger partial charge in [-0.3, -0.25) is 4.90 Å². The molecule has 0 aromatic heterocycles. The van der Waals surface area contributed by atoms with Crippen molar-refractivity contribution < 1.29 is 13.9 Å². The van der Waals surface area contributed by atoms with Crippen LogP contribution in [0.15, 0.2) is 36.4 Å². The molecule has 2 aliphatic rings. The summed E-state index contributed by atoms with van der Waals surface area (Å²) >= 11 is 12.8. The van der Waals surface area contributed by atoms with Crippen LogP contribution in [0.5, 0.6) is 0 Å². The molecule has 0 radical (unpaired) electrons. The van der Waals surface area contributed by atoms with Crippen LogP contribution in [0, 0.1) is 5.82 Å². The molecule has 0 saturated carbocycles. The summed E-state index contributed by atoms with van der Waals surface area (Å²) in [7, 11) is 0. The van der Waals surface area contributed by atoms with Crippen LogP contribution in [0.3, 0.4) is 0 Å². The van der Waals surface area contributed by atoms with Crippen LogP contribution in [0.2, 0.25) is 10.0 Å². The lowest BCUT2D eigenvalue weighted by Crippen LogP contribution is -2.50. The van der Waals surface area contributed by atoms with Gasteiger partial charge in [0.25, 0.3) is 0 Å². The molecule has 0 aliphatic carbocycles. The van der Waals surface area contributed by atoms with Crippen molar-refractivity contribution in [2.75, 3.05) is 43.0 Å². The van der Waals surface area contributed by atoms with E-state index >= 15 is 0 Å². The number of nitrogens with zero attached hydrogens (tertiary/aromatic N) is 2. The molecule has 0 spiro atoms. The first-order valence-electron chi connectivity index (χ1n) is 10.1. The van der Waals surface area contributed by atoms with Gasteiger partial charge in [0.05, 0.1) is 6.61 Å². The van der Waals surface area contributed by atoms with Crippen LogP contribution >= 0.6 is 23.2 Å². The Kier molecular flexibility index (Phi) is 6.37. The van der Waals surface area contributed by atoms with Crippen molar-refractivity contribution in [3.63, 3.8) is 0 Å². The lowest BCUT2D eigenvalue weighted by atomic mass is 9.91. The molecule has 1 saturated heterocycles. The van der Waals surface area contributed by atoms with Crippen molar-refractivity contribution in [2.24, 2.45) is 0 Å². The number of piperazine rings is 1. The predicted octanol–water partition coefficient (Wildman–Crippen LogP) is 4.74. The lowest BCUT2D eigenvalue weighted by Gasteiger charge is -2.44. The Labute approximate surface area is 185 Å². The minimum atomic E-state index is -0.452. The van der Waals surface area contributed by atoms with Gasteiger partial charge in [-0.15, -0.1) is 0 Å². The van der Waals surface area contributed by atoms with E-state index < -0.39 is 6.04 Å². The van der Waals surface area contributed by atoms with Gasteiger partial charge < -0.3 is 15.0 Å². The van der Waals surface area contributed by atoms with Crippen LogP contribution in [0.25, 0.3) is 0 Å². The minimum Gasteiger partial charge on any atom is -0.464 e. The molecule has 2 heterocycles. The van der Waals surface area contributed by atoms with E-state index in [0.717, 1.165) is 43.1 Å². The molecular weight excluding hydrogens is 428 g/mol. The van der Waals surface area contributed by atoms with Crippen LogP contribution in [0.4, 0.5) is 15.8 Å². The smallest absolute Gasteiger partial charge is 0.328 e. The van der Waals surface area contributed by atoms with Crippen LogP contribution in [0.1, 0.15) is 24.9 Å². The largest absolute Gasteiger partial charge is 0.464 e. The Morgan fingerprint density at radius 3 is 2.53 bits per heavy atom. The monoisotopic (exact) mass is 451 g/mol. The molecule has 2 aliphatic heterocycles. The average molecular weight is 452 g/mol. The van der Waals surface area contributed by atoms with E-state index in [9.17, 15) is 9.18 Å². The third-order valence-electron chi connectivity index (χ3n) is 5.73. The molecule has 0 bridgehead atoms. The Balaban J connectivity index is 1.55. The van der Waals surface area contributed by atoms with Gasteiger partial charge in [0.15, 0.2) is 0 Å². The number of benzene rings is 2. The highest BCUT2D eigenvalue weighted by Crippen LogP contribution is 2.43. The maximum Gasteiger partial charge on any atom is 0.328 e. The number of rotatable bonds is 4. The number of ether oxygens (including phenoxy) is 1. The topological polar surface area (TPSA) is 44.8 Å². The summed E-state index contributed by atoms with van der Waals surface area (Å²) in [5.74, 6) is -0.504. The number of hydrogen-bond donors (Lipinski definition) is 1. The van der Waals surface area contributed by atoms with Gasteiger partial charge in [0.1, 0.15) is 11.9 Å². The third-order valence-corrected chi connectivity index (χ3v) is 6.27. The van der Waals surface area contributed by atoms with Crippen molar-refractivity contribution in [3.05, 3.63) is 57.8 Å². The zero-order valence-corrected chi connectivity index (χ0v) is 18.2. The number of fused-ring (bicyclic) bond motifs is 1. The van der Waals surface area contributed by atoms with Crippen molar-refractivity contribution in [1.82, 2.24) is 4.90 Å². The fourth-order valence-corrected chi connectivity index (χ4v) is 4.92. The van der Waals surface area contributed by atoms with Gasteiger partial charge in [-0.05, 0) is 49.7 Å². The summed E-state index contributed by atoms with van der Waals surface area (Å²) in [5, 5.41) is 4.38. The standard InChI is InChI=1S/C22H24Cl2FN3O2/c1-2-30-22(29)19-13-20(21-17(24)11-14(23)12-18(21)26-19)28-9-7-27(8-10-28)16-5-3-15(25)4-6-16/h3-6,11-12,19-20,26H,2,7-10,13H2,1H3. The second-order valence-electron chi connectivity index (χ2n) is 7.55. The number of carbonyl (C=O) groups excluding carboxylic acids is 1. The normalized spacial score (nSPS) is 21.7. The van der Waals surface area contributed by atoms with Gasteiger partial charge in [-0.2, -0.15) is 0 Å². The van der Waals surface area contributed by atoms with Crippen LogP contribution in [-0.2, 0) is 9.53 Å². The maximum absolute atomic E-state index is 13.2. The van der Waals surface area contributed by atoms with Crippen molar-refractivity contribution in [1.29, 1.82) is 0 Å². The molecule has 2 aromatic carbocycles. The first-order chi connectivity index (χ1) is 14.5.